The number of anilines is 1. The molecular weight excluding hydrogens is 232 g/mol. The molecule has 2 N–H and O–H groups in total. The molecule has 3 heteroatoms. The predicted octanol–water partition coefficient (Wildman–Crippen LogP) is -1.18. The molecule has 0 atom stereocenters. The van der Waals surface area contributed by atoms with Crippen molar-refractivity contribution in [2.75, 3.05) is 5.73 Å². The molecule has 0 saturated heterocycles. The Bertz CT molecular complexity index is 255. The van der Waals surface area contributed by atoms with Crippen molar-refractivity contribution in [3.8, 4) is 0 Å². The van der Waals surface area contributed by atoms with Crippen LogP contribution in [-0.4, -0.2) is 13.6 Å². The van der Waals surface area contributed by atoms with Crippen LogP contribution in [-0.2, 0) is 0 Å². The molecule has 0 aliphatic carbocycles. The molecule has 0 aliphatic rings. The van der Waals surface area contributed by atoms with Gasteiger partial charge < -0.3 is 12.4 Å². The normalized spacial score (nSPS) is 10.6. The maximum Gasteiger partial charge on any atom is -1.00 e. The first-order valence-electron chi connectivity index (χ1n) is 3.68. The van der Waals surface area contributed by atoms with Gasteiger partial charge in [-0.25, -0.2) is 0 Å². The maximum absolute atomic E-state index is 5.68. The number of hydrogen-bond acceptors (Lipinski definition) is 1. The molecule has 0 heterocycles. The standard InChI is InChI=1S/C9H15AsN.ClH/c1-10(2,3)8-5-4-6-9(11)7-8;/h4-7H,11H2,1-3H3;1H/q+1;/p-1. The number of benzene rings is 1. The molecule has 0 amide bonds. The van der Waals surface area contributed by atoms with Crippen molar-refractivity contribution in [2.24, 2.45) is 0 Å². The van der Waals surface area contributed by atoms with Crippen LogP contribution in [0.4, 0.5) is 5.69 Å². The summed E-state index contributed by atoms with van der Waals surface area (Å²) in [4.78, 5) is 0. The molecule has 1 nitrogen and oxygen atoms in total. The second-order valence-electron chi connectivity index (χ2n) is 3.61. The molecular formula is C9H15AsClN. The van der Waals surface area contributed by atoms with Crippen LogP contribution in [0.1, 0.15) is 0 Å². The Morgan fingerprint density at radius 3 is 2.08 bits per heavy atom. The van der Waals surface area contributed by atoms with Gasteiger partial charge in [-0.2, -0.15) is 0 Å². The Hall–Kier alpha value is -0.132. The van der Waals surface area contributed by atoms with E-state index in [1.165, 1.54) is 4.35 Å². The summed E-state index contributed by atoms with van der Waals surface area (Å²) in [6, 6.07) is 8.27. The minimum absolute atomic E-state index is 0. The van der Waals surface area contributed by atoms with Crippen LogP contribution in [0.5, 0.6) is 0 Å². The second kappa shape index (κ2) is 4.20. The third kappa shape index (κ3) is 3.08. The molecule has 1 aromatic carbocycles. The van der Waals surface area contributed by atoms with E-state index in [0.717, 1.165) is 5.69 Å². The predicted molar refractivity (Wildman–Crippen MR) is 53.8 cm³/mol. The summed E-state index contributed by atoms with van der Waals surface area (Å²) in [6.07, 6.45) is 0. The molecule has 1 rings (SSSR count). The minimum atomic E-state index is -1.46. The molecule has 0 aliphatic heterocycles. The molecule has 0 bridgehead atoms. The first-order chi connectivity index (χ1) is 5.00. The fourth-order valence-electron chi connectivity index (χ4n) is 0.942. The summed E-state index contributed by atoms with van der Waals surface area (Å²) < 4.78 is 1.46. The van der Waals surface area contributed by atoms with Crippen LogP contribution in [0.15, 0.2) is 24.3 Å². The number of halogens is 1. The largest absolute Gasteiger partial charge is 1.00 e. The van der Waals surface area contributed by atoms with Gasteiger partial charge in [0.05, 0.1) is 0 Å². The van der Waals surface area contributed by atoms with Crippen LogP contribution < -0.4 is 22.5 Å². The van der Waals surface area contributed by atoms with Gasteiger partial charge in [0.1, 0.15) is 0 Å². The van der Waals surface area contributed by atoms with Gasteiger partial charge >= 0.3 is 70.7 Å². The van der Waals surface area contributed by atoms with Crippen LogP contribution in [0.3, 0.4) is 0 Å². The van der Waals surface area contributed by atoms with E-state index in [4.69, 9.17) is 5.73 Å². The molecule has 12 heavy (non-hydrogen) atoms. The van der Waals surface area contributed by atoms with E-state index in [1.54, 1.807) is 0 Å². The average Bonchev–Trinajstić information content (AvgIpc) is 1.86. The number of nitrogens with two attached hydrogens (primary N) is 1. The van der Waals surface area contributed by atoms with Crippen LogP contribution in [0.2, 0.25) is 17.1 Å². The van der Waals surface area contributed by atoms with E-state index in [2.05, 4.69) is 29.3 Å². The summed E-state index contributed by atoms with van der Waals surface area (Å²) in [6.45, 7) is 0. The fourth-order valence-corrected chi connectivity index (χ4v) is 3.19. The van der Waals surface area contributed by atoms with Crippen molar-refractivity contribution in [2.45, 2.75) is 17.1 Å². The maximum atomic E-state index is 5.68. The molecule has 0 unspecified atom stereocenters. The summed E-state index contributed by atoms with van der Waals surface area (Å²) >= 11 is -1.46. The quantitative estimate of drug-likeness (QED) is 0.491. The van der Waals surface area contributed by atoms with Crippen molar-refractivity contribution in [3.05, 3.63) is 24.3 Å². The van der Waals surface area contributed by atoms with Crippen molar-refractivity contribution < 1.29 is 12.4 Å². The average molecular weight is 248 g/mol. The first-order valence-corrected chi connectivity index (χ1v) is 10.2. The molecule has 0 radical (unpaired) electrons. The van der Waals surface area contributed by atoms with Crippen LogP contribution in [0.25, 0.3) is 0 Å². The smallest absolute Gasteiger partial charge is 1.00 e. The van der Waals surface area contributed by atoms with E-state index in [9.17, 15) is 0 Å². The van der Waals surface area contributed by atoms with Crippen molar-refractivity contribution in [1.29, 1.82) is 0 Å². The van der Waals surface area contributed by atoms with Crippen molar-refractivity contribution >= 4 is 23.6 Å². The van der Waals surface area contributed by atoms with Gasteiger partial charge in [-0.15, -0.1) is 0 Å². The zero-order valence-corrected chi connectivity index (χ0v) is 10.3. The van der Waals surface area contributed by atoms with Crippen molar-refractivity contribution in [1.82, 2.24) is 0 Å². The van der Waals surface area contributed by atoms with Gasteiger partial charge in [0.15, 0.2) is 0 Å². The Kier molecular flexibility index (Phi) is 4.16. The number of rotatable bonds is 1. The second-order valence-corrected chi connectivity index (χ2v) is 13.1. The van der Waals surface area contributed by atoms with Crippen LogP contribution in [0, 0.1) is 0 Å². The summed E-state index contributed by atoms with van der Waals surface area (Å²) in [7, 11) is 0. The monoisotopic (exact) mass is 247 g/mol. The van der Waals surface area contributed by atoms with Gasteiger partial charge in [-0.3, -0.25) is 0 Å². The van der Waals surface area contributed by atoms with E-state index in [-0.39, 0.29) is 12.4 Å². The topological polar surface area (TPSA) is 26.0 Å². The number of hydrogen-bond donors (Lipinski definition) is 1. The summed E-state index contributed by atoms with van der Waals surface area (Å²) in [5, 5.41) is 0. The Morgan fingerprint density at radius 1 is 1.17 bits per heavy atom. The van der Waals surface area contributed by atoms with Gasteiger partial charge in [0.2, 0.25) is 0 Å². The summed E-state index contributed by atoms with van der Waals surface area (Å²) in [5.41, 5.74) is 13.6. The minimum Gasteiger partial charge on any atom is -1.00 e. The van der Waals surface area contributed by atoms with Crippen molar-refractivity contribution in [3.63, 3.8) is 0 Å². The number of nitrogen functional groups attached to an aromatic ring is 1. The first kappa shape index (κ1) is 11.9. The SMILES string of the molecule is C[As+](C)(C)c1cccc(N)c1.[Cl-]. The van der Waals surface area contributed by atoms with Crippen LogP contribution >= 0.6 is 0 Å². The van der Waals surface area contributed by atoms with Gasteiger partial charge in [0.25, 0.3) is 0 Å². The van der Waals surface area contributed by atoms with E-state index < -0.39 is 13.6 Å². The van der Waals surface area contributed by atoms with E-state index >= 15 is 0 Å². The van der Waals surface area contributed by atoms with E-state index in [1.807, 2.05) is 12.1 Å². The van der Waals surface area contributed by atoms with Gasteiger partial charge in [0, 0.05) is 0 Å². The Labute approximate surface area is 83.2 Å². The third-order valence-corrected chi connectivity index (χ3v) is 5.48. The van der Waals surface area contributed by atoms with E-state index in [0.29, 0.717) is 0 Å². The zero-order chi connectivity index (χ0) is 8.48. The zero-order valence-electron chi connectivity index (χ0n) is 7.71. The Balaban J connectivity index is 0.00000121. The van der Waals surface area contributed by atoms with Gasteiger partial charge in [-0.05, 0) is 0 Å². The molecule has 68 valence electrons. The molecule has 0 fully saturated rings. The Morgan fingerprint density at radius 2 is 1.75 bits per heavy atom. The summed E-state index contributed by atoms with van der Waals surface area (Å²) in [5.74, 6) is 0. The molecule has 0 aromatic heterocycles. The molecule has 0 spiro atoms. The fraction of sp³-hybridized carbons (Fsp3) is 0.333. The third-order valence-electron chi connectivity index (χ3n) is 1.64. The molecule has 1 aromatic rings. The van der Waals surface area contributed by atoms with Gasteiger partial charge in [-0.1, -0.05) is 0 Å². The molecule has 0 saturated carbocycles.